The Balaban J connectivity index is 2.14. The Bertz CT molecular complexity index is 235. The highest BCUT2D eigenvalue weighted by molar-refractivity contribution is 5.79. The Hall–Kier alpha value is -0.650. The zero-order valence-corrected chi connectivity index (χ0v) is 9.69. The molecular formula is C11H22N2O3. The third-order valence-corrected chi connectivity index (χ3v) is 3.19. The van der Waals surface area contributed by atoms with E-state index in [1.807, 2.05) is 0 Å². The van der Waals surface area contributed by atoms with Crippen LogP contribution in [0.1, 0.15) is 32.1 Å². The predicted molar refractivity (Wildman–Crippen MR) is 61.2 cm³/mol. The fourth-order valence-electron chi connectivity index (χ4n) is 2.08. The third kappa shape index (κ3) is 3.73. The number of aliphatic hydroxyl groups excluding tert-OH is 1. The molecule has 4 N–H and O–H groups in total. The van der Waals surface area contributed by atoms with Crippen LogP contribution in [0.5, 0.6) is 0 Å². The minimum Gasteiger partial charge on any atom is -0.480 e. The summed E-state index contributed by atoms with van der Waals surface area (Å²) in [6.45, 7) is 2.41. The molecule has 1 aliphatic rings. The first kappa shape index (κ1) is 13.4. The third-order valence-electron chi connectivity index (χ3n) is 3.19. The van der Waals surface area contributed by atoms with Gasteiger partial charge in [0.25, 0.3) is 0 Å². The van der Waals surface area contributed by atoms with Crippen molar-refractivity contribution in [2.45, 2.75) is 37.6 Å². The molecule has 0 aromatic rings. The molecule has 1 rings (SSSR count). The number of nitrogens with zero attached hydrogens (tertiary/aromatic N) is 1. The van der Waals surface area contributed by atoms with Crippen molar-refractivity contribution in [2.75, 3.05) is 26.2 Å². The Morgan fingerprint density at radius 3 is 2.56 bits per heavy atom. The lowest BCUT2D eigenvalue weighted by Crippen LogP contribution is -2.50. The highest BCUT2D eigenvalue weighted by atomic mass is 16.4. The fraction of sp³-hybridized carbons (Fsp3) is 0.909. The predicted octanol–water partition coefficient (Wildman–Crippen LogP) is 0.0269. The molecule has 16 heavy (non-hydrogen) atoms. The van der Waals surface area contributed by atoms with Crippen LogP contribution in [0.3, 0.4) is 0 Å². The molecule has 1 fully saturated rings. The summed E-state index contributed by atoms with van der Waals surface area (Å²) in [5, 5.41) is 17.6. The van der Waals surface area contributed by atoms with Gasteiger partial charge in [0.05, 0.1) is 0 Å². The van der Waals surface area contributed by atoms with Crippen molar-refractivity contribution in [1.82, 2.24) is 4.90 Å². The summed E-state index contributed by atoms with van der Waals surface area (Å²) in [4.78, 5) is 13.0. The molecule has 1 unspecified atom stereocenters. The summed E-state index contributed by atoms with van der Waals surface area (Å²) >= 11 is 0. The zero-order chi connectivity index (χ0) is 12.0. The molecule has 0 aromatic heterocycles. The molecule has 0 saturated carbocycles. The van der Waals surface area contributed by atoms with Crippen LogP contribution in [0.4, 0.5) is 0 Å². The first-order valence-electron chi connectivity index (χ1n) is 5.94. The van der Waals surface area contributed by atoms with Crippen LogP contribution in [-0.4, -0.2) is 52.9 Å². The number of hydrogen-bond donors (Lipinski definition) is 3. The van der Waals surface area contributed by atoms with Crippen molar-refractivity contribution in [2.24, 2.45) is 5.73 Å². The molecule has 1 saturated heterocycles. The molecule has 0 radical (unpaired) electrons. The van der Waals surface area contributed by atoms with E-state index in [9.17, 15) is 4.79 Å². The molecule has 0 aliphatic carbocycles. The van der Waals surface area contributed by atoms with Gasteiger partial charge in [0, 0.05) is 19.7 Å². The van der Waals surface area contributed by atoms with Gasteiger partial charge in [-0.1, -0.05) is 12.8 Å². The van der Waals surface area contributed by atoms with E-state index in [-0.39, 0.29) is 6.61 Å². The maximum atomic E-state index is 10.9. The van der Waals surface area contributed by atoms with Crippen LogP contribution in [0.2, 0.25) is 0 Å². The first-order chi connectivity index (χ1) is 7.58. The van der Waals surface area contributed by atoms with E-state index in [1.54, 1.807) is 0 Å². The molecule has 0 amide bonds. The van der Waals surface area contributed by atoms with E-state index in [0.29, 0.717) is 13.0 Å². The maximum Gasteiger partial charge on any atom is 0.325 e. The Kier molecular flexibility index (Phi) is 5.18. The van der Waals surface area contributed by atoms with E-state index in [4.69, 9.17) is 15.9 Å². The Morgan fingerprint density at radius 2 is 2.00 bits per heavy atom. The average Bonchev–Trinajstić information content (AvgIpc) is 2.62. The number of carbonyl (C=O) groups is 1. The number of carboxylic acid groups (broad SMARTS) is 1. The maximum absolute atomic E-state index is 10.9. The fourth-order valence-corrected chi connectivity index (χ4v) is 2.08. The van der Waals surface area contributed by atoms with Crippen molar-refractivity contribution in [3.8, 4) is 0 Å². The van der Waals surface area contributed by atoms with Crippen molar-refractivity contribution in [3.05, 3.63) is 0 Å². The summed E-state index contributed by atoms with van der Waals surface area (Å²) in [5.74, 6) is -0.893. The van der Waals surface area contributed by atoms with Crippen LogP contribution in [-0.2, 0) is 4.79 Å². The summed E-state index contributed by atoms with van der Waals surface area (Å²) in [7, 11) is 0. The number of carboxylic acids is 1. The van der Waals surface area contributed by atoms with Gasteiger partial charge in [-0.05, 0) is 25.8 Å². The molecule has 94 valence electrons. The van der Waals surface area contributed by atoms with Crippen molar-refractivity contribution >= 4 is 5.97 Å². The van der Waals surface area contributed by atoms with Crippen LogP contribution < -0.4 is 5.73 Å². The second-order valence-corrected chi connectivity index (χ2v) is 4.63. The lowest BCUT2D eigenvalue weighted by molar-refractivity contribution is -0.142. The summed E-state index contributed by atoms with van der Waals surface area (Å²) in [6, 6.07) is 0. The number of aliphatic hydroxyl groups is 1. The topological polar surface area (TPSA) is 86.8 Å². The largest absolute Gasteiger partial charge is 0.480 e. The highest BCUT2D eigenvalue weighted by Crippen LogP contribution is 2.19. The smallest absolute Gasteiger partial charge is 0.325 e. The van der Waals surface area contributed by atoms with Gasteiger partial charge in [-0.3, -0.25) is 4.79 Å². The van der Waals surface area contributed by atoms with Crippen LogP contribution in [0, 0.1) is 0 Å². The minimum atomic E-state index is -1.04. The monoisotopic (exact) mass is 230 g/mol. The van der Waals surface area contributed by atoms with Crippen LogP contribution in [0.25, 0.3) is 0 Å². The lowest BCUT2D eigenvalue weighted by atomic mass is 10.0. The molecule has 5 nitrogen and oxygen atoms in total. The Morgan fingerprint density at radius 1 is 1.31 bits per heavy atom. The number of likely N-dealkylation sites (tertiary alicyclic amines) is 1. The van der Waals surface area contributed by atoms with Gasteiger partial charge in [-0.15, -0.1) is 0 Å². The lowest BCUT2D eigenvalue weighted by Gasteiger charge is -2.19. The average molecular weight is 230 g/mol. The SMILES string of the molecule is NC1(C(=O)O)CCN(CCCCCCO)C1. The zero-order valence-electron chi connectivity index (χ0n) is 9.69. The summed E-state index contributed by atoms with van der Waals surface area (Å²) in [5.41, 5.74) is 4.73. The molecule has 0 aromatic carbocycles. The number of nitrogens with two attached hydrogens (primary N) is 1. The molecule has 1 heterocycles. The first-order valence-corrected chi connectivity index (χ1v) is 5.94. The van der Waals surface area contributed by atoms with E-state index in [1.165, 1.54) is 0 Å². The number of unbranched alkanes of at least 4 members (excludes halogenated alkanes) is 3. The van der Waals surface area contributed by atoms with Gasteiger partial charge in [-0.2, -0.15) is 0 Å². The van der Waals surface area contributed by atoms with Crippen LogP contribution in [0.15, 0.2) is 0 Å². The van der Waals surface area contributed by atoms with Crippen molar-refractivity contribution in [3.63, 3.8) is 0 Å². The minimum absolute atomic E-state index is 0.259. The quantitative estimate of drug-likeness (QED) is 0.537. The molecule has 0 spiro atoms. The Labute approximate surface area is 96.2 Å². The van der Waals surface area contributed by atoms with Crippen molar-refractivity contribution < 1.29 is 15.0 Å². The van der Waals surface area contributed by atoms with Gasteiger partial charge in [-0.25, -0.2) is 0 Å². The molecular weight excluding hydrogens is 208 g/mol. The number of rotatable bonds is 7. The standard InChI is InChI=1S/C11H22N2O3/c12-11(10(15)16)5-7-13(9-11)6-3-1-2-4-8-14/h14H,1-9,12H2,(H,15,16). The molecule has 1 atom stereocenters. The van der Waals surface area contributed by atoms with Gasteiger partial charge < -0.3 is 20.8 Å². The summed E-state index contributed by atoms with van der Waals surface area (Å²) < 4.78 is 0. The molecule has 5 heteroatoms. The van der Waals surface area contributed by atoms with Crippen molar-refractivity contribution in [1.29, 1.82) is 0 Å². The summed E-state index contributed by atoms with van der Waals surface area (Å²) in [6.07, 6.45) is 4.57. The van der Waals surface area contributed by atoms with Gasteiger partial charge >= 0.3 is 5.97 Å². The van der Waals surface area contributed by atoms with Gasteiger partial charge in [0.1, 0.15) is 5.54 Å². The number of hydrogen-bond acceptors (Lipinski definition) is 4. The highest BCUT2D eigenvalue weighted by Gasteiger charge is 2.40. The second-order valence-electron chi connectivity index (χ2n) is 4.63. The second kappa shape index (κ2) is 6.18. The van der Waals surface area contributed by atoms with E-state index < -0.39 is 11.5 Å². The molecule has 0 bridgehead atoms. The van der Waals surface area contributed by atoms with Crippen LogP contribution >= 0.6 is 0 Å². The van der Waals surface area contributed by atoms with E-state index >= 15 is 0 Å². The number of aliphatic carboxylic acids is 1. The van der Waals surface area contributed by atoms with Gasteiger partial charge in [0.2, 0.25) is 0 Å². The molecule has 1 aliphatic heterocycles. The van der Waals surface area contributed by atoms with Gasteiger partial charge in [0.15, 0.2) is 0 Å². The van der Waals surface area contributed by atoms with E-state index in [2.05, 4.69) is 4.90 Å². The normalized spacial score (nSPS) is 26.1. The van der Waals surface area contributed by atoms with E-state index in [0.717, 1.165) is 38.8 Å².